The zero-order valence-electron chi connectivity index (χ0n) is 12.8. The van der Waals surface area contributed by atoms with Crippen LogP contribution in [0.5, 0.6) is 0 Å². The lowest BCUT2D eigenvalue weighted by Crippen LogP contribution is -2.37. The van der Waals surface area contributed by atoms with Crippen LogP contribution in [0.4, 0.5) is 10.5 Å². The Morgan fingerprint density at radius 1 is 1.09 bits per heavy atom. The summed E-state index contributed by atoms with van der Waals surface area (Å²) >= 11 is 0. The zero-order valence-corrected chi connectivity index (χ0v) is 12.8. The minimum Gasteiger partial charge on any atom is -0.336 e. The van der Waals surface area contributed by atoms with Crippen LogP contribution >= 0.6 is 0 Å². The number of carbonyl (C=O) groups excluding carboxylic acids is 1. The molecule has 4 nitrogen and oxygen atoms in total. The number of amides is 2. The van der Waals surface area contributed by atoms with E-state index in [9.17, 15) is 4.79 Å². The average Bonchev–Trinajstić information content (AvgIpc) is 2.57. The number of para-hydroxylation sites is 1. The van der Waals surface area contributed by atoms with Crippen molar-refractivity contribution in [3.8, 4) is 0 Å². The predicted octanol–water partition coefficient (Wildman–Crippen LogP) is 4.04. The van der Waals surface area contributed by atoms with Gasteiger partial charge in [0.25, 0.3) is 0 Å². The van der Waals surface area contributed by atoms with Gasteiger partial charge in [0.05, 0.1) is 11.9 Å². The van der Waals surface area contributed by atoms with E-state index in [1.807, 2.05) is 60.7 Å². The van der Waals surface area contributed by atoms with Crippen LogP contribution in [0.2, 0.25) is 0 Å². The van der Waals surface area contributed by atoms with Crippen LogP contribution in [0, 0.1) is 0 Å². The van der Waals surface area contributed by atoms with E-state index in [0.717, 1.165) is 24.1 Å². The molecule has 4 heteroatoms. The lowest BCUT2D eigenvalue weighted by atomic mass is 10.2. The van der Waals surface area contributed by atoms with Crippen LogP contribution in [0.15, 0.2) is 65.8 Å². The van der Waals surface area contributed by atoms with E-state index in [4.69, 9.17) is 0 Å². The molecule has 0 bridgehead atoms. The molecule has 0 saturated carbocycles. The van der Waals surface area contributed by atoms with E-state index in [1.165, 1.54) is 5.01 Å². The van der Waals surface area contributed by atoms with Crippen molar-refractivity contribution in [2.24, 2.45) is 5.10 Å². The molecule has 0 aliphatic carbocycles. The van der Waals surface area contributed by atoms with E-state index in [1.54, 1.807) is 6.21 Å². The molecule has 114 valence electrons. The fourth-order valence-corrected chi connectivity index (χ4v) is 1.92. The SMILES string of the molecule is CCCCNC(=O)N(/N=C/c1ccccc1)c1ccccc1. The number of nitrogens with zero attached hydrogens (tertiary/aromatic N) is 2. The van der Waals surface area contributed by atoms with E-state index in [-0.39, 0.29) is 6.03 Å². The molecule has 2 rings (SSSR count). The number of urea groups is 1. The van der Waals surface area contributed by atoms with Gasteiger partial charge in [0.2, 0.25) is 0 Å². The third-order valence-corrected chi connectivity index (χ3v) is 3.12. The first-order valence-corrected chi connectivity index (χ1v) is 7.53. The molecule has 0 aliphatic rings. The second-order valence-electron chi connectivity index (χ2n) is 4.89. The minimum atomic E-state index is -0.216. The summed E-state index contributed by atoms with van der Waals surface area (Å²) in [7, 11) is 0. The van der Waals surface area contributed by atoms with Gasteiger partial charge in [-0.3, -0.25) is 0 Å². The number of unbranched alkanes of at least 4 members (excludes halogenated alkanes) is 1. The van der Waals surface area contributed by atoms with Crippen molar-refractivity contribution in [1.82, 2.24) is 5.32 Å². The van der Waals surface area contributed by atoms with Crippen molar-refractivity contribution >= 4 is 17.9 Å². The number of carbonyl (C=O) groups is 1. The molecule has 2 amide bonds. The van der Waals surface area contributed by atoms with E-state index < -0.39 is 0 Å². The van der Waals surface area contributed by atoms with Gasteiger partial charge in [-0.05, 0) is 24.1 Å². The average molecular weight is 295 g/mol. The molecular formula is C18H21N3O. The highest BCUT2D eigenvalue weighted by molar-refractivity contribution is 5.93. The molecule has 0 atom stereocenters. The van der Waals surface area contributed by atoms with Crippen LogP contribution in [-0.4, -0.2) is 18.8 Å². The van der Waals surface area contributed by atoms with Crippen LogP contribution in [-0.2, 0) is 0 Å². The van der Waals surface area contributed by atoms with Gasteiger partial charge in [0.15, 0.2) is 0 Å². The Balaban J connectivity index is 2.15. The number of anilines is 1. The smallest absolute Gasteiger partial charge is 0.336 e. The highest BCUT2D eigenvalue weighted by Gasteiger charge is 2.13. The van der Waals surface area contributed by atoms with Crippen molar-refractivity contribution in [1.29, 1.82) is 0 Å². The first kappa shape index (κ1) is 15.8. The largest absolute Gasteiger partial charge is 0.342 e. The Hall–Kier alpha value is -2.62. The van der Waals surface area contributed by atoms with Gasteiger partial charge in [-0.2, -0.15) is 10.1 Å². The van der Waals surface area contributed by atoms with E-state index in [2.05, 4.69) is 17.3 Å². The lowest BCUT2D eigenvalue weighted by Gasteiger charge is -2.17. The zero-order chi connectivity index (χ0) is 15.6. The highest BCUT2D eigenvalue weighted by atomic mass is 16.2. The molecule has 2 aromatic rings. The van der Waals surface area contributed by atoms with Gasteiger partial charge in [-0.25, -0.2) is 4.79 Å². The Labute approximate surface area is 131 Å². The summed E-state index contributed by atoms with van der Waals surface area (Å²) in [6.45, 7) is 2.74. The van der Waals surface area contributed by atoms with Gasteiger partial charge in [-0.1, -0.05) is 61.9 Å². The van der Waals surface area contributed by atoms with Crippen LogP contribution in [0.3, 0.4) is 0 Å². The van der Waals surface area contributed by atoms with Crippen LogP contribution in [0.1, 0.15) is 25.3 Å². The Morgan fingerprint density at radius 3 is 2.36 bits per heavy atom. The summed E-state index contributed by atoms with van der Waals surface area (Å²) in [5.74, 6) is 0. The topological polar surface area (TPSA) is 44.7 Å². The van der Waals surface area contributed by atoms with Crippen LogP contribution in [0.25, 0.3) is 0 Å². The number of nitrogens with one attached hydrogen (secondary N) is 1. The summed E-state index contributed by atoms with van der Waals surface area (Å²) in [6, 6.07) is 18.9. The van der Waals surface area contributed by atoms with Gasteiger partial charge in [0.1, 0.15) is 0 Å². The van der Waals surface area contributed by atoms with E-state index >= 15 is 0 Å². The van der Waals surface area contributed by atoms with E-state index in [0.29, 0.717) is 6.54 Å². The fourth-order valence-electron chi connectivity index (χ4n) is 1.92. The Kier molecular flexibility index (Phi) is 6.18. The summed E-state index contributed by atoms with van der Waals surface area (Å²) in [6.07, 6.45) is 3.68. The third kappa shape index (κ3) is 4.74. The summed E-state index contributed by atoms with van der Waals surface area (Å²) in [4.78, 5) is 12.3. The summed E-state index contributed by atoms with van der Waals surface area (Å²) in [5.41, 5.74) is 1.69. The highest BCUT2D eigenvalue weighted by Crippen LogP contribution is 2.14. The van der Waals surface area contributed by atoms with Gasteiger partial charge < -0.3 is 5.32 Å². The lowest BCUT2D eigenvalue weighted by molar-refractivity contribution is 0.246. The summed E-state index contributed by atoms with van der Waals surface area (Å²) in [5, 5.41) is 8.62. The molecule has 0 aliphatic heterocycles. The van der Waals surface area contributed by atoms with Crippen molar-refractivity contribution < 1.29 is 4.79 Å². The molecule has 0 radical (unpaired) electrons. The molecule has 2 aromatic carbocycles. The van der Waals surface area contributed by atoms with Gasteiger partial charge in [0, 0.05) is 6.54 Å². The standard InChI is InChI=1S/C18H21N3O/c1-2-3-14-19-18(22)21(17-12-8-5-9-13-17)20-15-16-10-6-4-7-11-16/h4-13,15H,2-3,14H2,1H3,(H,19,22)/b20-15+. The van der Waals surface area contributed by atoms with Crippen LogP contribution < -0.4 is 10.3 Å². The molecule has 0 unspecified atom stereocenters. The van der Waals surface area contributed by atoms with Crippen molar-refractivity contribution in [3.05, 3.63) is 66.2 Å². The second-order valence-corrected chi connectivity index (χ2v) is 4.89. The second kappa shape index (κ2) is 8.62. The number of rotatable bonds is 6. The molecule has 0 spiro atoms. The van der Waals surface area contributed by atoms with Crippen molar-refractivity contribution in [3.63, 3.8) is 0 Å². The fraction of sp³-hybridized carbons (Fsp3) is 0.222. The number of hydrogen-bond donors (Lipinski definition) is 1. The van der Waals surface area contributed by atoms with Gasteiger partial charge in [-0.15, -0.1) is 0 Å². The first-order valence-electron chi connectivity index (χ1n) is 7.53. The molecular weight excluding hydrogens is 274 g/mol. The van der Waals surface area contributed by atoms with Crippen molar-refractivity contribution in [2.75, 3.05) is 11.6 Å². The maximum absolute atomic E-state index is 12.3. The van der Waals surface area contributed by atoms with Gasteiger partial charge >= 0.3 is 6.03 Å². The minimum absolute atomic E-state index is 0.216. The number of hydrogen-bond acceptors (Lipinski definition) is 2. The Morgan fingerprint density at radius 2 is 1.73 bits per heavy atom. The molecule has 1 N–H and O–H groups in total. The quantitative estimate of drug-likeness (QED) is 0.488. The first-order chi connectivity index (χ1) is 10.8. The molecule has 0 aromatic heterocycles. The third-order valence-electron chi connectivity index (χ3n) is 3.12. The summed E-state index contributed by atoms with van der Waals surface area (Å²) < 4.78 is 0. The predicted molar refractivity (Wildman–Crippen MR) is 91.3 cm³/mol. The maximum atomic E-state index is 12.3. The normalized spacial score (nSPS) is 10.6. The molecule has 0 fully saturated rings. The monoisotopic (exact) mass is 295 g/mol. The Bertz CT molecular complexity index is 596. The maximum Gasteiger partial charge on any atom is 0.342 e. The van der Waals surface area contributed by atoms with Crippen molar-refractivity contribution in [2.45, 2.75) is 19.8 Å². The number of hydrazone groups is 1. The molecule has 0 saturated heterocycles. The molecule has 22 heavy (non-hydrogen) atoms. The molecule has 0 heterocycles. The number of benzene rings is 2.